The van der Waals surface area contributed by atoms with E-state index < -0.39 is 0 Å². The van der Waals surface area contributed by atoms with Crippen molar-refractivity contribution < 1.29 is 9.53 Å². The SMILES string of the molecule is COc1ccc(Cl)cc1C(=O)N[C@H](c1ccsc1)c1cccs1. The van der Waals surface area contributed by atoms with E-state index in [9.17, 15) is 4.79 Å². The van der Waals surface area contributed by atoms with Crippen molar-refractivity contribution in [2.24, 2.45) is 0 Å². The predicted octanol–water partition coefficient (Wildman–Crippen LogP) is 4.99. The zero-order valence-corrected chi connectivity index (χ0v) is 14.7. The molecule has 3 nitrogen and oxygen atoms in total. The summed E-state index contributed by atoms with van der Waals surface area (Å²) in [6, 6.07) is 10.8. The molecule has 1 aromatic carbocycles. The Balaban J connectivity index is 1.92. The normalized spacial score (nSPS) is 11.9. The highest BCUT2D eigenvalue weighted by Gasteiger charge is 2.21. The highest BCUT2D eigenvalue weighted by molar-refractivity contribution is 7.10. The van der Waals surface area contributed by atoms with Crippen molar-refractivity contribution in [3.05, 3.63) is 73.6 Å². The first-order valence-corrected chi connectivity index (χ1v) is 9.09. The minimum Gasteiger partial charge on any atom is -0.496 e. The third-order valence-electron chi connectivity index (χ3n) is 3.39. The lowest BCUT2D eigenvalue weighted by molar-refractivity contribution is 0.0940. The molecule has 0 unspecified atom stereocenters. The summed E-state index contributed by atoms with van der Waals surface area (Å²) < 4.78 is 5.27. The molecular formula is C17H14ClNO2S2. The first-order valence-electron chi connectivity index (χ1n) is 6.89. The smallest absolute Gasteiger partial charge is 0.255 e. The third-order valence-corrected chi connectivity index (χ3v) is 5.26. The Morgan fingerprint density at radius 1 is 1.26 bits per heavy atom. The highest BCUT2D eigenvalue weighted by Crippen LogP contribution is 2.29. The van der Waals surface area contributed by atoms with Crippen LogP contribution in [0.5, 0.6) is 5.75 Å². The van der Waals surface area contributed by atoms with E-state index in [1.807, 2.05) is 34.3 Å². The van der Waals surface area contributed by atoms with E-state index in [1.54, 1.807) is 40.9 Å². The molecule has 3 rings (SSSR count). The summed E-state index contributed by atoms with van der Waals surface area (Å²) in [6.07, 6.45) is 0. The van der Waals surface area contributed by atoms with Crippen LogP contribution < -0.4 is 10.1 Å². The van der Waals surface area contributed by atoms with Gasteiger partial charge in [0.15, 0.2) is 0 Å². The van der Waals surface area contributed by atoms with Gasteiger partial charge >= 0.3 is 0 Å². The summed E-state index contributed by atoms with van der Waals surface area (Å²) in [6.45, 7) is 0. The number of nitrogens with one attached hydrogen (secondary N) is 1. The van der Waals surface area contributed by atoms with Gasteiger partial charge in [-0.05, 0) is 52.0 Å². The van der Waals surface area contributed by atoms with Crippen LogP contribution in [0.3, 0.4) is 0 Å². The second-order valence-corrected chi connectivity index (χ2v) is 7.02. The fourth-order valence-electron chi connectivity index (χ4n) is 2.28. The van der Waals surface area contributed by atoms with Crippen molar-refractivity contribution in [3.63, 3.8) is 0 Å². The molecule has 0 saturated carbocycles. The summed E-state index contributed by atoms with van der Waals surface area (Å²) in [5, 5.41) is 9.62. The zero-order chi connectivity index (χ0) is 16.2. The molecule has 2 heterocycles. The molecule has 0 aliphatic heterocycles. The molecule has 0 radical (unpaired) electrons. The Morgan fingerprint density at radius 2 is 2.13 bits per heavy atom. The van der Waals surface area contributed by atoms with Gasteiger partial charge in [-0.3, -0.25) is 4.79 Å². The molecule has 1 atom stereocenters. The Kier molecular flexibility index (Phi) is 5.00. The van der Waals surface area contributed by atoms with Crippen LogP contribution in [-0.2, 0) is 0 Å². The number of ether oxygens (including phenoxy) is 1. The molecule has 23 heavy (non-hydrogen) atoms. The molecule has 0 bridgehead atoms. The highest BCUT2D eigenvalue weighted by atomic mass is 35.5. The molecule has 0 aliphatic carbocycles. The number of halogens is 1. The van der Waals surface area contributed by atoms with Crippen LogP contribution in [0.4, 0.5) is 0 Å². The van der Waals surface area contributed by atoms with Gasteiger partial charge in [0.2, 0.25) is 0 Å². The van der Waals surface area contributed by atoms with E-state index in [4.69, 9.17) is 16.3 Å². The number of rotatable bonds is 5. The quantitative estimate of drug-likeness (QED) is 0.693. The van der Waals surface area contributed by atoms with Gasteiger partial charge in [0.05, 0.1) is 18.7 Å². The first kappa shape index (κ1) is 16.1. The summed E-state index contributed by atoms with van der Waals surface area (Å²) in [5.74, 6) is 0.288. The van der Waals surface area contributed by atoms with Crippen LogP contribution in [0.2, 0.25) is 5.02 Å². The second-order valence-electron chi connectivity index (χ2n) is 4.82. The molecule has 1 N–H and O–H groups in total. The van der Waals surface area contributed by atoms with Crippen molar-refractivity contribution in [1.29, 1.82) is 0 Å². The summed E-state index contributed by atoms with van der Waals surface area (Å²) in [4.78, 5) is 13.8. The molecule has 3 aromatic rings. The molecule has 0 spiro atoms. The van der Waals surface area contributed by atoms with Gasteiger partial charge in [0.1, 0.15) is 5.75 Å². The fourth-order valence-corrected chi connectivity index (χ4v) is 3.94. The number of hydrogen-bond donors (Lipinski definition) is 1. The van der Waals surface area contributed by atoms with Gasteiger partial charge < -0.3 is 10.1 Å². The Labute approximate surface area is 147 Å². The number of hydrogen-bond acceptors (Lipinski definition) is 4. The average molecular weight is 364 g/mol. The van der Waals surface area contributed by atoms with E-state index in [0.717, 1.165) is 10.4 Å². The maximum Gasteiger partial charge on any atom is 0.255 e. The van der Waals surface area contributed by atoms with E-state index in [1.165, 1.54) is 7.11 Å². The summed E-state index contributed by atoms with van der Waals surface area (Å²) in [7, 11) is 1.54. The van der Waals surface area contributed by atoms with E-state index in [0.29, 0.717) is 16.3 Å². The van der Waals surface area contributed by atoms with E-state index >= 15 is 0 Å². The molecule has 6 heteroatoms. The van der Waals surface area contributed by atoms with Crippen LogP contribution in [0.25, 0.3) is 0 Å². The zero-order valence-electron chi connectivity index (χ0n) is 12.3. The monoisotopic (exact) mass is 363 g/mol. The summed E-state index contributed by atoms with van der Waals surface area (Å²) in [5.41, 5.74) is 1.49. The Hall–Kier alpha value is -1.82. The number of carbonyl (C=O) groups is 1. The minimum atomic E-state index is -0.214. The van der Waals surface area contributed by atoms with Gasteiger partial charge in [-0.2, -0.15) is 11.3 Å². The molecule has 0 saturated heterocycles. The molecule has 118 valence electrons. The lowest BCUT2D eigenvalue weighted by Crippen LogP contribution is -2.28. The largest absolute Gasteiger partial charge is 0.496 e. The molecular weight excluding hydrogens is 350 g/mol. The number of methoxy groups -OCH3 is 1. The minimum absolute atomic E-state index is 0.183. The van der Waals surface area contributed by atoms with Crippen molar-refractivity contribution in [2.45, 2.75) is 6.04 Å². The topological polar surface area (TPSA) is 38.3 Å². The van der Waals surface area contributed by atoms with Crippen molar-refractivity contribution >= 4 is 40.2 Å². The van der Waals surface area contributed by atoms with Crippen molar-refractivity contribution in [2.75, 3.05) is 7.11 Å². The van der Waals surface area contributed by atoms with Crippen LogP contribution >= 0.6 is 34.3 Å². The Bertz CT molecular complexity index is 751. The maximum absolute atomic E-state index is 12.7. The molecule has 1 amide bonds. The second kappa shape index (κ2) is 7.17. The van der Waals surface area contributed by atoms with Crippen LogP contribution in [0, 0.1) is 0 Å². The van der Waals surface area contributed by atoms with Crippen LogP contribution in [0.15, 0.2) is 52.5 Å². The number of thiophene rings is 2. The van der Waals surface area contributed by atoms with Crippen LogP contribution in [-0.4, -0.2) is 13.0 Å². The van der Waals surface area contributed by atoms with E-state index in [2.05, 4.69) is 5.32 Å². The van der Waals surface area contributed by atoms with Gasteiger partial charge in [-0.25, -0.2) is 0 Å². The summed E-state index contributed by atoms with van der Waals surface area (Å²) >= 11 is 9.24. The van der Waals surface area contributed by atoms with Crippen LogP contribution in [0.1, 0.15) is 26.8 Å². The standard InChI is InChI=1S/C17H14ClNO2S2/c1-21-14-5-4-12(18)9-13(14)17(20)19-16(11-6-8-22-10-11)15-3-2-7-23-15/h2-10,16H,1H3,(H,19,20)/t16-/m1/s1. The molecule has 0 aliphatic rings. The van der Waals surface area contributed by atoms with Crippen molar-refractivity contribution in [3.8, 4) is 5.75 Å². The molecule has 2 aromatic heterocycles. The van der Waals surface area contributed by atoms with Gasteiger partial charge in [0.25, 0.3) is 5.91 Å². The Morgan fingerprint density at radius 3 is 2.78 bits per heavy atom. The van der Waals surface area contributed by atoms with Gasteiger partial charge in [-0.1, -0.05) is 17.7 Å². The maximum atomic E-state index is 12.7. The lowest BCUT2D eigenvalue weighted by Gasteiger charge is -2.18. The fraction of sp³-hybridized carbons (Fsp3) is 0.118. The number of amides is 1. The first-order chi connectivity index (χ1) is 11.2. The lowest BCUT2D eigenvalue weighted by atomic mass is 10.1. The van der Waals surface area contributed by atoms with Gasteiger partial charge in [0, 0.05) is 9.90 Å². The molecule has 0 fully saturated rings. The number of benzene rings is 1. The van der Waals surface area contributed by atoms with Crippen molar-refractivity contribution in [1.82, 2.24) is 5.32 Å². The third kappa shape index (κ3) is 3.58. The number of carbonyl (C=O) groups excluding carboxylic acids is 1. The van der Waals surface area contributed by atoms with E-state index in [-0.39, 0.29) is 11.9 Å². The average Bonchev–Trinajstić information content (AvgIpc) is 3.26. The predicted molar refractivity (Wildman–Crippen MR) is 96.0 cm³/mol. The van der Waals surface area contributed by atoms with Gasteiger partial charge in [-0.15, -0.1) is 11.3 Å².